The zero-order chi connectivity index (χ0) is 8.97. The van der Waals surface area contributed by atoms with E-state index in [4.69, 9.17) is 0 Å². The van der Waals surface area contributed by atoms with Crippen LogP contribution in [0.1, 0.15) is 17.3 Å². The molecule has 12 heavy (non-hydrogen) atoms. The SMILES string of the molecule is CCOC(=O)c1cnc(F)nc1. The van der Waals surface area contributed by atoms with Crippen LogP contribution in [0.5, 0.6) is 0 Å². The van der Waals surface area contributed by atoms with Crippen LogP contribution in [-0.2, 0) is 4.74 Å². The highest BCUT2D eigenvalue weighted by atomic mass is 19.1. The normalized spacial score (nSPS) is 9.50. The average Bonchev–Trinajstić information content (AvgIpc) is 2.06. The minimum Gasteiger partial charge on any atom is -0.462 e. The molecule has 64 valence electrons. The Morgan fingerprint density at radius 1 is 1.58 bits per heavy atom. The standard InChI is InChI=1S/C7H7FN2O2/c1-2-12-6(11)5-3-9-7(8)10-4-5/h3-4H,2H2,1H3. The van der Waals surface area contributed by atoms with E-state index in [1.54, 1.807) is 6.92 Å². The lowest BCUT2D eigenvalue weighted by Crippen LogP contribution is -2.06. The number of carbonyl (C=O) groups is 1. The quantitative estimate of drug-likeness (QED) is 0.486. The summed E-state index contributed by atoms with van der Waals surface area (Å²) in [6.45, 7) is 1.96. The number of aromatic nitrogens is 2. The van der Waals surface area contributed by atoms with Gasteiger partial charge in [-0.05, 0) is 6.92 Å². The number of carbonyl (C=O) groups excluding carboxylic acids is 1. The molecule has 1 aromatic heterocycles. The first kappa shape index (κ1) is 8.58. The van der Waals surface area contributed by atoms with Crippen molar-refractivity contribution >= 4 is 5.97 Å². The lowest BCUT2D eigenvalue weighted by Gasteiger charge is -1.98. The van der Waals surface area contributed by atoms with Crippen LogP contribution in [0.25, 0.3) is 0 Å². The molecule has 1 aromatic rings. The highest BCUT2D eigenvalue weighted by molar-refractivity contribution is 5.88. The summed E-state index contributed by atoms with van der Waals surface area (Å²) in [4.78, 5) is 17.3. The molecule has 0 aliphatic carbocycles. The van der Waals surface area contributed by atoms with Crippen LogP contribution in [-0.4, -0.2) is 22.5 Å². The van der Waals surface area contributed by atoms with Gasteiger partial charge in [0.05, 0.1) is 12.2 Å². The van der Waals surface area contributed by atoms with E-state index in [1.807, 2.05) is 0 Å². The van der Waals surface area contributed by atoms with Gasteiger partial charge in [-0.3, -0.25) is 0 Å². The van der Waals surface area contributed by atoms with Gasteiger partial charge in [-0.15, -0.1) is 0 Å². The van der Waals surface area contributed by atoms with Crippen LogP contribution in [0.4, 0.5) is 4.39 Å². The second kappa shape index (κ2) is 3.75. The maximum Gasteiger partial charge on any atom is 0.341 e. The molecule has 0 amide bonds. The Balaban J connectivity index is 2.75. The molecule has 0 saturated carbocycles. The van der Waals surface area contributed by atoms with Crippen molar-refractivity contribution in [3.05, 3.63) is 24.0 Å². The summed E-state index contributed by atoms with van der Waals surface area (Å²) in [5.41, 5.74) is 0.151. The third-order valence-corrected chi connectivity index (χ3v) is 1.13. The Kier molecular flexibility index (Phi) is 2.68. The first-order chi connectivity index (χ1) is 5.74. The van der Waals surface area contributed by atoms with Crippen LogP contribution in [0, 0.1) is 6.08 Å². The predicted molar refractivity (Wildman–Crippen MR) is 37.9 cm³/mol. The van der Waals surface area contributed by atoms with Gasteiger partial charge >= 0.3 is 12.0 Å². The number of hydrogen-bond acceptors (Lipinski definition) is 4. The summed E-state index contributed by atoms with van der Waals surface area (Å²) in [6, 6.07) is 0. The third-order valence-electron chi connectivity index (χ3n) is 1.13. The smallest absolute Gasteiger partial charge is 0.341 e. The number of ether oxygens (including phenoxy) is 1. The van der Waals surface area contributed by atoms with Gasteiger partial charge in [-0.2, -0.15) is 4.39 Å². The summed E-state index contributed by atoms with van der Waals surface area (Å²) in [5, 5.41) is 0. The second-order valence-electron chi connectivity index (χ2n) is 1.96. The molecule has 5 heteroatoms. The Labute approximate surface area is 68.4 Å². The largest absolute Gasteiger partial charge is 0.462 e. The molecule has 1 heterocycles. The molecule has 0 saturated heterocycles. The van der Waals surface area contributed by atoms with E-state index < -0.39 is 12.0 Å². The number of rotatable bonds is 2. The summed E-state index contributed by atoms with van der Waals surface area (Å²) in [6.07, 6.45) is 1.31. The molecule has 1 rings (SSSR count). The zero-order valence-electron chi connectivity index (χ0n) is 6.45. The van der Waals surface area contributed by atoms with Crippen molar-refractivity contribution in [2.24, 2.45) is 0 Å². The molecule has 0 unspecified atom stereocenters. The summed E-state index contributed by atoms with van der Waals surface area (Å²) in [7, 11) is 0. The summed E-state index contributed by atoms with van der Waals surface area (Å²) < 4.78 is 16.8. The van der Waals surface area contributed by atoms with E-state index >= 15 is 0 Å². The number of halogens is 1. The monoisotopic (exact) mass is 170 g/mol. The molecule has 0 bridgehead atoms. The van der Waals surface area contributed by atoms with Crippen LogP contribution >= 0.6 is 0 Å². The van der Waals surface area contributed by atoms with E-state index in [0.29, 0.717) is 0 Å². The average molecular weight is 170 g/mol. The van der Waals surface area contributed by atoms with Gasteiger partial charge in [-0.25, -0.2) is 14.8 Å². The van der Waals surface area contributed by atoms with E-state index in [9.17, 15) is 9.18 Å². The molecule has 0 atom stereocenters. The molecule has 0 aromatic carbocycles. The lowest BCUT2D eigenvalue weighted by atomic mass is 10.3. The molecule has 0 aliphatic rings. The number of hydrogen-bond donors (Lipinski definition) is 0. The third kappa shape index (κ3) is 1.98. The van der Waals surface area contributed by atoms with Crippen molar-refractivity contribution in [3.8, 4) is 0 Å². The minimum absolute atomic E-state index is 0.151. The molecular weight excluding hydrogens is 163 g/mol. The van der Waals surface area contributed by atoms with E-state index in [2.05, 4.69) is 14.7 Å². The highest BCUT2D eigenvalue weighted by Crippen LogP contribution is 1.97. The van der Waals surface area contributed by atoms with E-state index in [0.717, 1.165) is 12.4 Å². The van der Waals surface area contributed by atoms with Crippen LogP contribution in [0.15, 0.2) is 12.4 Å². The van der Waals surface area contributed by atoms with Crippen molar-refractivity contribution in [1.82, 2.24) is 9.97 Å². The van der Waals surface area contributed by atoms with E-state index in [1.165, 1.54) is 0 Å². The Bertz CT molecular complexity index is 273. The maximum atomic E-state index is 12.2. The van der Waals surface area contributed by atoms with Crippen LogP contribution in [0.2, 0.25) is 0 Å². The fourth-order valence-electron chi connectivity index (χ4n) is 0.632. The van der Waals surface area contributed by atoms with E-state index in [-0.39, 0.29) is 12.2 Å². The number of nitrogens with zero attached hydrogens (tertiary/aromatic N) is 2. The van der Waals surface area contributed by atoms with Gasteiger partial charge in [0.15, 0.2) is 0 Å². The topological polar surface area (TPSA) is 52.1 Å². The molecule has 0 fully saturated rings. The first-order valence-electron chi connectivity index (χ1n) is 3.38. The van der Waals surface area contributed by atoms with Crippen molar-refractivity contribution in [2.45, 2.75) is 6.92 Å². The molecule has 0 aliphatic heterocycles. The van der Waals surface area contributed by atoms with Crippen molar-refractivity contribution in [2.75, 3.05) is 6.61 Å². The van der Waals surface area contributed by atoms with Gasteiger partial charge in [0.25, 0.3) is 0 Å². The highest BCUT2D eigenvalue weighted by Gasteiger charge is 2.06. The Morgan fingerprint density at radius 2 is 2.17 bits per heavy atom. The molecule has 0 N–H and O–H groups in total. The fraction of sp³-hybridized carbons (Fsp3) is 0.286. The van der Waals surface area contributed by atoms with Crippen LogP contribution < -0.4 is 0 Å². The van der Waals surface area contributed by atoms with Gasteiger partial charge in [0.2, 0.25) is 0 Å². The number of esters is 1. The fourth-order valence-corrected chi connectivity index (χ4v) is 0.632. The first-order valence-corrected chi connectivity index (χ1v) is 3.38. The Morgan fingerprint density at radius 3 is 2.67 bits per heavy atom. The summed E-state index contributed by atoms with van der Waals surface area (Å²) in [5.74, 6) is -0.544. The van der Waals surface area contributed by atoms with Gasteiger partial charge in [-0.1, -0.05) is 0 Å². The second-order valence-corrected chi connectivity index (χ2v) is 1.96. The molecule has 0 spiro atoms. The minimum atomic E-state index is -0.858. The van der Waals surface area contributed by atoms with Crippen molar-refractivity contribution < 1.29 is 13.9 Å². The molecular formula is C7H7FN2O2. The van der Waals surface area contributed by atoms with Crippen molar-refractivity contribution in [1.29, 1.82) is 0 Å². The predicted octanol–water partition coefficient (Wildman–Crippen LogP) is 0.792. The molecule has 4 nitrogen and oxygen atoms in total. The van der Waals surface area contributed by atoms with Gasteiger partial charge in [0.1, 0.15) is 0 Å². The van der Waals surface area contributed by atoms with Gasteiger partial charge in [0, 0.05) is 12.4 Å². The zero-order valence-corrected chi connectivity index (χ0v) is 6.45. The lowest BCUT2D eigenvalue weighted by molar-refractivity contribution is 0.0525. The van der Waals surface area contributed by atoms with Crippen LogP contribution in [0.3, 0.4) is 0 Å². The molecule has 0 radical (unpaired) electrons. The summed E-state index contributed by atoms with van der Waals surface area (Å²) >= 11 is 0. The Hall–Kier alpha value is -1.52. The van der Waals surface area contributed by atoms with Gasteiger partial charge < -0.3 is 4.74 Å². The maximum absolute atomic E-state index is 12.2. The van der Waals surface area contributed by atoms with Crippen molar-refractivity contribution in [3.63, 3.8) is 0 Å².